The zero-order chi connectivity index (χ0) is 69.6. The van der Waals surface area contributed by atoms with E-state index in [1.165, 1.54) is 26.0 Å². The van der Waals surface area contributed by atoms with Crippen molar-refractivity contribution in [2.45, 2.75) is 88.7 Å². The molecule has 0 radical (unpaired) electrons. The molecule has 2 aromatic carbocycles. The zero-order valence-corrected chi connectivity index (χ0v) is 57.8. The van der Waals surface area contributed by atoms with Crippen LogP contribution in [0.3, 0.4) is 0 Å². The fraction of sp³-hybridized carbons (Fsp3) is 0.576. The summed E-state index contributed by atoms with van der Waals surface area (Å²) in [7, 11) is -4.49. The maximum Gasteiger partial charge on any atom is 3.00 e. The Kier molecular flexibility index (Phi) is 34.3. The number of carbonyl (C=O) groups excluding carboxylic acids is 5. The molecule has 3 heterocycles. The molecule has 2 aliphatic heterocycles. The predicted octanol–water partition coefficient (Wildman–Crippen LogP) is -3.42. The Morgan fingerprint density at radius 1 is 0.625 bits per heavy atom. The van der Waals surface area contributed by atoms with Crippen molar-refractivity contribution in [1.82, 2.24) is 71.3 Å². The topological polar surface area (TPSA) is 492 Å². The summed E-state index contributed by atoms with van der Waals surface area (Å²) in [5.74, 6) is -11.2. The van der Waals surface area contributed by atoms with Crippen molar-refractivity contribution in [2.24, 2.45) is 10.9 Å². The molecule has 524 valence electrons. The number of nitrogens with one attached hydrogen (secondary N) is 8. The molecule has 1 aromatic heterocycles. The second-order valence-corrected chi connectivity index (χ2v) is 24.5. The van der Waals surface area contributed by atoms with Gasteiger partial charge in [-0.3, -0.25) is 82.0 Å². The Balaban J connectivity index is 0.0000196. The van der Waals surface area contributed by atoms with Crippen LogP contribution in [0.1, 0.15) is 72.9 Å². The first-order valence-corrected chi connectivity index (χ1v) is 32.5. The molecule has 1 fully saturated rings. The third-order valence-electron chi connectivity index (χ3n) is 15.2. The van der Waals surface area contributed by atoms with Crippen molar-refractivity contribution >= 4 is 118 Å². The van der Waals surface area contributed by atoms with E-state index in [0.717, 1.165) is 37.4 Å². The van der Waals surface area contributed by atoms with E-state index in [1.807, 2.05) is 0 Å². The average molecular weight is 1470 g/mol. The fourth-order valence-corrected chi connectivity index (χ4v) is 12.0. The normalized spacial score (nSPS) is 15.5. The van der Waals surface area contributed by atoms with Crippen LogP contribution in [0, 0.1) is 19.8 Å². The summed E-state index contributed by atoms with van der Waals surface area (Å²) < 4.78 is 37.2. The number of guanidine groups is 1. The van der Waals surface area contributed by atoms with Crippen LogP contribution in [0.15, 0.2) is 46.4 Å². The van der Waals surface area contributed by atoms with Crippen molar-refractivity contribution in [3.8, 4) is 5.75 Å². The molecule has 14 N–H and O–H groups in total. The molecule has 0 saturated carbocycles. The molecule has 3 aromatic rings. The van der Waals surface area contributed by atoms with Gasteiger partial charge in [0, 0.05) is 135 Å². The number of carboxylic acid groups (broad SMARTS) is 6. The Labute approximate surface area is 572 Å². The molecule has 96 heavy (non-hydrogen) atoms. The molecule has 35 nitrogen and oxygen atoms in total. The smallest absolute Gasteiger partial charge is 0.494 e. The van der Waals surface area contributed by atoms with E-state index in [-0.39, 0.29) is 158 Å². The van der Waals surface area contributed by atoms with Crippen LogP contribution in [0.5, 0.6) is 5.75 Å². The number of rotatable bonds is 38. The van der Waals surface area contributed by atoms with Crippen molar-refractivity contribution in [3.63, 3.8) is 0 Å². The number of aliphatic imine (C=N–C) groups is 1. The van der Waals surface area contributed by atoms with Gasteiger partial charge in [0.1, 0.15) is 17.8 Å². The third kappa shape index (κ3) is 29.0. The fourth-order valence-electron chi connectivity index (χ4n) is 10.4. The van der Waals surface area contributed by atoms with Crippen LogP contribution < -0.4 is 46.7 Å². The van der Waals surface area contributed by atoms with Gasteiger partial charge in [0.05, 0.1) is 55.3 Å². The van der Waals surface area contributed by atoms with E-state index in [2.05, 4.69) is 52.0 Å². The zero-order valence-electron chi connectivity index (χ0n) is 53.7. The molecule has 1 saturated heterocycles. The standard InChI is InChI=1S/C59H87N15O20S.In/c1-38-28-43(29-39(2)54(38)95(92,93)69-45(58(90)91)33-66-55(87)40-7-10-46-42(30-40)32-67-74(46)18-5-15-64-59-62-13-4-14-63-59)94-27-3-6-47(75)60-16-17-61-57(89)44(9-12-50(79)80)68-56(88)41(8-11-49(77)78)31-65-48(76)34-70-19-21-71(35-51(81)82)23-25-73(37-53(85)86)26-24-72(22-20-70)36-52(83)84;/h7,10,28-30,32,41,44-45,69H,3-6,8-9,11-27,31,33-37H2,1-2H3,(H,60,75)(H,61,89)(H,65,76)(H,66,87)(H,68,88)(H,77,78)(H,79,80)(H,81,82)(H,83,84)(H,85,86)(H,90,91)(H2,62,63,64);/q;+3/i;1-4. The maximum absolute atomic E-state index is 13.7. The maximum atomic E-state index is 13.7. The van der Waals surface area contributed by atoms with Crippen molar-refractivity contribution in [1.29, 1.82) is 0 Å². The van der Waals surface area contributed by atoms with Gasteiger partial charge in [0.25, 0.3) is 5.91 Å². The van der Waals surface area contributed by atoms with E-state index in [4.69, 9.17) is 4.74 Å². The number of aromatic nitrogens is 2. The molecular formula is C59H87InN15O20S+3. The van der Waals surface area contributed by atoms with E-state index < -0.39 is 139 Å². The first kappa shape index (κ1) is 80.2. The van der Waals surface area contributed by atoms with Crippen molar-refractivity contribution in [2.75, 3.05) is 131 Å². The van der Waals surface area contributed by atoms with Crippen LogP contribution in [0.2, 0.25) is 0 Å². The second-order valence-electron chi connectivity index (χ2n) is 22.8. The van der Waals surface area contributed by atoms with Crippen LogP contribution >= 0.6 is 0 Å². The summed E-state index contributed by atoms with van der Waals surface area (Å²) in [6.07, 6.45) is 1.66. The first-order chi connectivity index (χ1) is 45.1. The van der Waals surface area contributed by atoms with Crippen LogP contribution in [0.25, 0.3) is 10.9 Å². The summed E-state index contributed by atoms with van der Waals surface area (Å²) in [4.78, 5) is 148. The minimum Gasteiger partial charge on any atom is -0.494 e. The van der Waals surface area contributed by atoms with E-state index in [1.54, 1.807) is 48.7 Å². The Morgan fingerprint density at radius 2 is 1.20 bits per heavy atom. The molecule has 0 bridgehead atoms. The quantitative estimate of drug-likeness (QED) is 0.0248. The molecule has 3 atom stereocenters. The predicted molar refractivity (Wildman–Crippen MR) is 345 cm³/mol. The second kappa shape index (κ2) is 41.0. The number of ether oxygens (including phenoxy) is 1. The summed E-state index contributed by atoms with van der Waals surface area (Å²) in [6, 6.07) is 4.55. The molecule has 2 aliphatic rings. The Morgan fingerprint density at radius 3 is 1.75 bits per heavy atom. The monoisotopic (exact) mass is 1470 g/mol. The van der Waals surface area contributed by atoms with Crippen LogP contribution in [-0.4, -0.2) is 309 Å². The first-order valence-electron chi connectivity index (χ1n) is 31.0. The van der Waals surface area contributed by atoms with Gasteiger partial charge in [-0.25, -0.2) is 8.42 Å². The molecule has 0 spiro atoms. The number of fused-ring (bicyclic) bond motifs is 1. The van der Waals surface area contributed by atoms with Crippen molar-refractivity contribution < 1.29 is 96.5 Å². The number of sulfonamides is 1. The number of aryl methyl sites for hydroxylation is 3. The largest absolute Gasteiger partial charge is 3.00 e. The number of amides is 5. The van der Waals surface area contributed by atoms with Gasteiger partial charge >= 0.3 is 61.7 Å². The van der Waals surface area contributed by atoms with Gasteiger partial charge in [-0.1, -0.05) is 0 Å². The number of carbonyl (C=O) groups is 11. The van der Waals surface area contributed by atoms with Gasteiger partial charge in [-0.05, 0) is 87.4 Å². The third-order valence-corrected chi connectivity index (χ3v) is 17.0. The number of nitrogens with zero attached hydrogens (tertiary/aromatic N) is 7. The SMILES string of the molecule is Cc1cc(OCCCC(=O)NCCNC(=O)C(CCC(=O)O)NC(=O)C(CCC(=O)O)CNC(=O)CN2CCN(CC(=O)O)CCN(CC(=O)O)CCN(CC(=O)O)CC2)cc(C)c1S(=O)(=O)NC(CNC(=O)c1ccc2c(cnn2CCCNC2=NCCCN2)c1)C(=O)O.[111In+3]. The summed E-state index contributed by atoms with van der Waals surface area (Å²) >= 11 is 0. The number of carboxylic acids is 6. The molecule has 37 heteroatoms. The number of hydrogen-bond acceptors (Lipinski definition) is 22. The summed E-state index contributed by atoms with van der Waals surface area (Å²) in [6.45, 7) is 4.14. The number of benzene rings is 2. The van der Waals surface area contributed by atoms with Gasteiger partial charge in [-0.2, -0.15) is 9.82 Å². The van der Waals surface area contributed by atoms with Gasteiger partial charge < -0.3 is 72.6 Å². The minimum absolute atomic E-state index is 0. The van der Waals surface area contributed by atoms with Gasteiger partial charge in [-0.15, -0.1) is 0 Å². The Bertz CT molecular complexity index is 3280. The molecule has 3 unspecified atom stereocenters. The number of hydrogen-bond donors (Lipinski definition) is 14. The number of aliphatic carboxylic acids is 6. The molecular weight excluding hydrogens is 1380 g/mol. The molecule has 5 rings (SSSR count). The Hall–Kier alpha value is -8.23. The molecule has 5 amide bonds. The van der Waals surface area contributed by atoms with Crippen LogP contribution in [-0.2, 0) is 64.5 Å². The summed E-state index contributed by atoms with van der Waals surface area (Å²) in [5.41, 5.74) is 1.42. The van der Waals surface area contributed by atoms with E-state index in [0.29, 0.717) is 18.5 Å². The summed E-state index contributed by atoms with van der Waals surface area (Å²) in [5, 5.41) is 81.7. The minimum atomic E-state index is -4.49. The van der Waals surface area contributed by atoms with E-state index >= 15 is 0 Å². The van der Waals surface area contributed by atoms with E-state index in [9.17, 15) is 91.8 Å². The average Bonchev–Trinajstić information content (AvgIpc) is 0.840. The van der Waals surface area contributed by atoms with Gasteiger partial charge in [0.2, 0.25) is 33.7 Å². The van der Waals surface area contributed by atoms with Crippen molar-refractivity contribution in [3.05, 3.63) is 53.2 Å². The molecule has 0 aliphatic carbocycles. The van der Waals surface area contributed by atoms with Gasteiger partial charge in [0.15, 0.2) is 5.96 Å². The van der Waals surface area contributed by atoms with Crippen LogP contribution in [0.4, 0.5) is 0 Å².